The van der Waals surface area contributed by atoms with Crippen molar-refractivity contribution in [3.05, 3.63) is 42.0 Å². The minimum Gasteiger partial charge on any atom is -0.481 e. The Hall–Kier alpha value is -1.57. The number of carboxylic acids is 1. The lowest BCUT2D eigenvalue weighted by molar-refractivity contribution is -0.137. The van der Waals surface area contributed by atoms with Crippen molar-refractivity contribution < 1.29 is 9.90 Å². The van der Waals surface area contributed by atoms with Gasteiger partial charge in [0.2, 0.25) is 0 Å². The molecule has 0 saturated heterocycles. The van der Waals surface area contributed by atoms with Crippen molar-refractivity contribution in [2.75, 3.05) is 0 Å². The average Bonchev–Trinajstić information content (AvgIpc) is 2.49. The molecule has 0 unspecified atom stereocenters. The van der Waals surface area contributed by atoms with Crippen LogP contribution in [0.4, 0.5) is 0 Å². The predicted octanol–water partition coefficient (Wildman–Crippen LogP) is 5.86. The molecule has 0 atom stereocenters. The van der Waals surface area contributed by atoms with Gasteiger partial charge in [0.1, 0.15) is 0 Å². The maximum Gasteiger partial charge on any atom is 0.303 e. The third-order valence-electron chi connectivity index (χ3n) is 4.05. The van der Waals surface area contributed by atoms with Gasteiger partial charge in [-0.15, -0.1) is 0 Å². The van der Waals surface area contributed by atoms with Gasteiger partial charge in [0.05, 0.1) is 0 Å². The normalized spacial score (nSPS) is 10.6. The van der Waals surface area contributed by atoms with Crippen molar-refractivity contribution in [2.24, 2.45) is 0 Å². The first-order valence-electron chi connectivity index (χ1n) is 8.56. The minimum absolute atomic E-state index is 0.324. The summed E-state index contributed by atoms with van der Waals surface area (Å²) in [6, 6.07) is 8.75. The summed E-state index contributed by atoms with van der Waals surface area (Å²) >= 11 is 0. The number of carboxylic acid groups (broad SMARTS) is 1. The van der Waals surface area contributed by atoms with Crippen LogP contribution < -0.4 is 0 Å². The number of allylic oxidation sites excluding steroid dienone is 1. The van der Waals surface area contributed by atoms with E-state index < -0.39 is 5.97 Å². The maximum absolute atomic E-state index is 10.4. The molecular weight excluding hydrogens is 272 g/mol. The number of hydrogen-bond donors (Lipinski definition) is 1. The lowest BCUT2D eigenvalue weighted by Gasteiger charge is -2.04. The Labute approximate surface area is 135 Å². The molecule has 0 saturated carbocycles. The second-order valence-electron chi connectivity index (χ2n) is 6.20. The predicted molar refractivity (Wildman–Crippen MR) is 94.0 cm³/mol. The Morgan fingerprint density at radius 2 is 1.41 bits per heavy atom. The van der Waals surface area contributed by atoms with Gasteiger partial charge in [0.25, 0.3) is 0 Å². The Morgan fingerprint density at radius 3 is 1.91 bits per heavy atom. The van der Waals surface area contributed by atoms with Crippen molar-refractivity contribution in [2.45, 2.75) is 71.1 Å². The maximum atomic E-state index is 10.4. The smallest absolute Gasteiger partial charge is 0.303 e. The van der Waals surface area contributed by atoms with Crippen molar-refractivity contribution >= 4 is 11.5 Å². The Bertz CT molecular complexity index is 445. The Morgan fingerprint density at radius 1 is 0.909 bits per heavy atom. The summed E-state index contributed by atoms with van der Waals surface area (Å²) in [6.07, 6.45) is 10.9. The number of rotatable bonds is 12. The third kappa shape index (κ3) is 8.66. The molecule has 2 nitrogen and oxygen atoms in total. The average molecular weight is 302 g/mol. The van der Waals surface area contributed by atoms with Crippen LogP contribution in [0.25, 0.3) is 5.57 Å². The lowest BCUT2D eigenvalue weighted by Crippen LogP contribution is -1.93. The molecule has 1 N–H and O–H groups in total. The van der Waals surface area contributed by atoms with Crippen molar-refractivity contribution in [3.63, 3.8) is 0 Å². The SMILES string of the molecule is C=C(C)c1ccc(CCCCCCCCCCC(=O)O)cc1. The number of aliphatic carboxylic acids is 1. The molecule has 1 aromatic rings. The van der Waals surface area contributed by atoms with E-state index in [2.05, 4.69) is 30.8 Å². The largest absolute Gasteiger partial charge is 0.481 e. The quantitative estimate of drug-likeness (QED) is 0.491. The highest BCUT2D eigenvalue weighted by molar-refractivity contribution is 5.66. The molecule has 0 aliphatic heterocycles. The molecule has 0 aliphatic rings. The number of carbonyl (C=O) groups is 1. The highest BCUT2D eigenvalue weighted by atomic mass is 16.4. The zero-order chi connectivity index (χ0) is 16.2. The van der Waals surface area contributed by atoms with E-state index in [-0.39, 0.29) is 0 Å². The second-order valence-corrected chi connectivity index (χ2v) is 6.20. The number of aryl methyl sites for hydroxylation is 1. The lowest BCUT2D eigenvalue weighted by atomic mass is 10.0. The molecule has 22 heavy (non-hydrogen) atoms. The molecule has 1 rings (SSSR count). The molecule has 0 amide bonds. The molecule has 0 spiro atoms. The summed E-state index contributed by atoms with van der Waals surface area (Å²) in [7, 11) is 0. The van der Waals surface area contributed by atoms with Gasteiger partial charge < -0.3 is 5.11 Å². The van der Waals surface area contributed by atoms with Crippen LogP contribution in [0.15, 0.2) is 30.8 Å². The van der Waals surface area contributed by atoms with E-state index in [9.17, 15) is 4.79 Å². The van der Waals surface area contributed by atoms with Crippen LogP contribution in [-0.4, -0.2) is 11.1 Å². The molecule has 0 aromatic heterocycles. The standard InChI is InChI=1S/C20H30O2/c1-17(2)19-15-13-18(14-16-19)11-9-7-5-3-4-6-8-10-12-20(21)22/h13-16H,1,3-12H2,2H3,(H,21,22). The number of unbranched alkanes of at least 4 members (excludes halogenated alkanes) is 7. The molecule has 2 heteroatoms. The molecule has 122 valence electrons. The highest BCUT2D eigenvalue weighted by Crippen LogP contribution is 2.15. The summed E-state index contributed by atoms with van der Waals surface area (Å²) in [6.45, 7) is 6.00. The van der Waals surface area contributed by atoms with Crippen molar-refractivity contribution in [1.29, 1.82) is 0 Å². The Balaban J connectivity index is 1.97. The van der Waals surface area contributed by atoms with Gasteiger partial charge >= 0.3 is 5.97 Å². The molecular formula is C20H30O2. The number of benzene rings is 1. The van der Waals surface area contributed by atoms with Gasteiger partial charge in [-0.25, -0.2) is 0 Å². The third-order valence-corrected chi connectivity index (χ3v) is 4.05. The van der Waals surface area contributed by atoms with Gasteiger partial charge in [0, 0.05) is 6.42 Å². The number of hydrogen-bond acceptors (Lipinski definition) is 1. The summed E-state index contributed by atoms with van der Waals surface area (Å²) in [4.78, 5) is 10.4. The van der Waals surface area contributed by atoms with Crippen LogP contribution >= 0.6 is 0 Å². The van der Waals surface area contributed by atoms with Crippen molar-refractivity contribution in [3.8, 4) is 0 Å². The van der Waals surface area contributed by atoms with Crippen LogP contribution in [0, 0.1) is 0 Å². The van der Waals surface area contributed by atoms with E-state index in [1.165, 1.54) is 49.7 Å². The zero-order valence-electron chi connectivity index (χ0n) is 13.9. The van der Waals surface area contributed by atoms with Gasteiger partial charge in [-0.05, 0) is 37.3 Å². The monoisotopic (exact) mass is 302 g/mol. The topological polar surface area (TPSA) is 37.3 Å². The van der Waals surface area contributed by atoms with Crippen LogP contribution in [-0.2, 0) is 11.2 Å². The van der Waals surface area contributed by atoms with Gasteiger partial charge in [-0.1, -0.05) is 74.9 Å². The van der Waals surface area contributed by atoms with E-state index in [0.717, 1.165) is 24.8 Å². The molecule has 0 fully saturated rings. The first-order chi connectivity index (χ1) is 10.6. The van der Waals surface area contributed by atoms with E-state index in [4.69, 9.17) is 5.11 Å². The van der Waals surface area contributed by atoms with Gasteiger partial charge in [-0.3, -0.25) is 4.79 Å². The van der Waals surface area contributed by atoms with Crippen LogP contribution in [0.3, 0.4) is 0 Å². The summed E-state index contributed by atoms with van der Waals surface area (Å²) in [5.74, 6) is -0.670. The molecule has 0 heterocycles. The summed E-state index contributed by atoms with van der Waals surface area (Å²) in [5.41, 5.74) is 3.76. The molecule has 0 bridgehead atoms. The first-order valence-corrected chi connectivity index (χ1v) is 8.56. The fraction of sp³-hybridized carbons (Fsp3) is 0.550. The fourth-order valence-corrected chi connectivity index (χ4v) is 2.62. The van der Waals surface area contributed by atoms with E-state index in [1.54, 1.807) is 0 Å². The summed E-state index contributed by atoms with van der Waals surface area (Å²) < 4.78 is 0. The van der Waals surface area contributed by atoms with Crippen LogP contribution in [0.5, 0.6) is 0 Å². The van der Waals surface area contributed by atoms with Crippen LogP contribution in [0.2, 0.25) is 0 Å². The molecule has 0 aliphatic carbocycles. The minimum atomic E-state index is -0.670. The van der Waals surface area contributed by atoms with E-state index in [0.29, 0.717) is 6.42 Å². The van der Waals surface area contributed by atoms with Gasteiger partial charge in [0.15, 0.2) is 0 Å². The summed E-state index contributed by atoms with van der Waals surface area (Å²) in [5, 5.41) is 8.55. The Kier molecular flexibility index (Phi) is 9.29. The van der Waals surface area contributed by atoms with Gasteiger partial charge in [-0.2, -0.15) is 0 Å². The van der Waals surface area contributed by atoms with Crippen molar-refractivity contribution in [1.82, 2.24) is 0 Å². The second kappa shape index (κ2) is 11.1. The van der Waals surface area contributed by atoms with E-state index in [1.807, 2.05) is 6.92 Å². The van der Waals surface area contributed by atoms with E-state index >= 15 is 0 Å². The first kappa shape index (κ1) is 18.5. The highest BCUT2D eigenvalue weighted by Gasteiger charge is 1.98. The van der Waals surface area contributed by atoms with Crippen LogP contribution in [0.1, 0.15) is 75.8 Å². The molecule has 0 radical (unpaired) electrons. The molecule has 1 aromatic carbocycles. The zero-order valence-corrected chi connectivity index (χ0v) is 13.9. The fourth-order valence-electron chi connectivity index (χ4n) is 2.62.